The van der Waals surface area contributed by atoms with E-state index in [1.807, 2.05) is 55.5 Å². The zero-order chi connectivity index (χ0) is 20.2. The third-order valence-corrected chi connectivity index (χ3v) is 5.86. The van der Waals surface area contributed by atoms with Crippen molar-refractivity contribution in [1.82, 2.24) is 4.90 Å². The highest BCUT2D eigenvalue weighted by Crippen LogP contribution is 2.29. The summed E-state index contributed by atoms with van der Waals surface area (Å²) in [6.45, 7) is 2.35. The summed E-state index contributed by atoms with van der Waals surface area (Å²) in [6, 6.07) is 21.9. The first-order valence-electron chi connectivity index (χ1n) is 9.35. The Kier molecular flexibility index (Phi) is 5.62. The number of thioether (sulfide) groups is 1. The Labute approximate surface area is 174 Å². The average Bonchev–Trinajstić information content (AvgIpc) is 3.02. The molecule has 1 unspecified atom stereocenters. The number of nitrogens with zero attached hydrogens (tertiary/aromatic N) is 3. The Balaban J connectivity index is 1.57. The van der Waals surface area contributed by atoms with Gasteiger partial charge in [-0.25, -0.2) is 0 Å². The van der Waals surface area contributed by atoms with Crippen LogP contribution in [0.1, 0.15) is 18.1 Å². The second kappa shape index (κ2) is 8.49. The molecular formula is C23H21N3O2S. The number of carbonyl (C=O) groups is 1. The minimum absolute atomic E-state index is 0.0462. The van der Waals surface area contributed by atoms with E-state index in [1.165, 1.54) is 11.8 Å². The molecule has 6 heteroatoms. The van der Waals surface area contributed by atoms with Crippen molar-refractivity contribution in [2.24, 2.45) is 10.2 Å². The average molecular weight is 404 g/mol. The van der Waals surface area contributed by atoms with Gasteiger partial charge in [0.15, 0.2) is 5.17 Å². The summed E-state index contributed by atoms with van der Waals surface area (Å²) in [5.74, 6) is 0.836. The fourth-order valence-corrected chi connectivity index (χ4v) is 4.15. The fraction of sp³-hybridized carbons (Fsp3) is 0.174. The van der Waals surface area contributed by atoms with Crippen molar-refractivity contribution in [3.63, 3.8) is 0 Å². The molecule has 0 spiro atoms. The molecule has 146 valence electrons. The van der Waals surface area contributed by atoms with Crippen LogP contribution in [-0.2, 0) is 11.3 Å². The fourth-order valence-electron chi connectivity index (χ4n) is 3.23. The van der Waals surface area contributed by atoms with Crippen LogP contribution in [0.25, 0.3) is 10.8 Å². The number of methoxy groups -OCH3 is 1. The maximum Gasteiger partial charge on any atom is 0.242 e. The number of fused-ring (bicyclic) bond motifs is 1. The van der Waals surface area contributed by atoms with Crippen molar-refractivity contribution >= 4 is 39.8 Å². The number of amides is 1. The molecule has 29 heavy (non-hydrogen) atoms. The quantitative estimate of drug-likeness (QED) is 0.458. The summed E-state index contributed by atoms with van der Waals surface area (Å²) in [6.07, 6.45) is 1.74. The van der Waals surface area contributed by atoms with Crippen molar-refractivity contribution in [2.75, 3.05) is 7.11 Å². The highest BCUT2D eigenvalue weighted by Gasteiger charge is 2.35. The van der Waals surface area contributed by atoms with Crippen molar-refractivity contribution in [3.05, 3.63) is 77.9 Å². The van der Waals surface area contributed by atoms with E-state index in [4.69, 9.17) is 4.74 Å². The molecular weight excluding hydrogens is 382 g/mol. The maximum atomic E-state index is 12.6. The third kappa shape index (κ3) is 4.17. The van der Waals surface area contributed by atoms with Crippen molar-refractivity contribution in [2.45, 2.75) is 18.7 Å². The molecule has 1 amide bonds. The Hall–Kier alpha value is -3.12. The van der Waals surface area contributed by atoms with Gasteiger partial charge in [0.25, 0.3) is 0 Å². The van der Waals surface area contributed by atoms with Gasteiger partial charge in [0, 0.05) is 5.56 Å². The maximum absolute atomic E-state index is 12.6. The van der Waals surface area contributed by atoms with E-state index in [2.05, 4.69) is 28.4 Å². The van der Waals surface area contributed by atoms with Gasteiger partial charge < -0.3 is 4.74 Å². The van der Waals surface area contributed by atoms with Crippen LogP contribution in [-0.4, -0.2) is 34.5 Å². The summed E-state index contributed by atoms with van der Waals surface area (Å²) in [7, 11) is 1.63. The van der Waals surface area contributed by atoms with E-state index in [9.17, 15) is 4.79 Å². The summed E-state index contributed by atoms with van der Waals surface area (Å²) in [5, 5.41) is 11.4. The summed E-state index contributed by atoms with van der Waals surface area (Å²) < 4.78 is 5.20. The van der Waals surface area contributed by atoms with Crippen LogP contribution < -0.4 is 4.74 Å². The van der Waals surface area contributed by atoms with Gasteiger partial charge in [0.05, 0.1) is 25.1 Å². The number of rotatable bonds is 5. The molecule has 1 fully saturated rings. The van der Waals surface area contributed by atoms with E-state index >= 15 is 0 Å². The molecule has 0 aromatic heterocycles. The van der Waals surface area contributed by atoms with Crippen molar-refractivity contribution in [3.8, 4) is 5.75 Å². The predicted octanol–water partition coefficient (Wildman–Crippen LogP) is 4.70. The number of carbonyl (C=O) groups excluding carboxylic acids is 1. The monoisotopic (exact) mass is 403 g/mol. The molecule has 5 nitrogen and oxygen atoms in total. The Bertz CT molecular complexity index is 1090. The molecule has 1 saturated heterocycles. The molecule has 4 rings (SSSR count). The second-order valence-electron chi connectivity index (χ2n) is 6.73. The number of benzene rings is 3. The third-order valence-electron chi connectivity index (χ3n) is 4.79. The van der Waals surface area contributed by atoms with Crippen LogP contribution >= 0.6 is 11.8 Å². The van der Waals surface area contributed by atoms with Crippen LogP contribution in [0.5, 0.6) is 5.75 Å². The molecule has 1 heterocycles. The van der Waals surface area contributed by atoms with Gasteiger partial charge in [0.2, 0.25) is 5.91 Å². The summed E-state index contributed by atoms with van der Waals surface area (Å²) in [5.41, 5.74) is 2.01. The van der Waals surface area contributed by atoms with E-state index in [0.717, 1.165) is 27.6 Å². The molecule has 3 aromatic carbocycles. The highest BCUT2D eigenvalue weighted by atomic mass is 32.2. The molecule has 0 aliphatic carbocycles. The van der Waals surface area contributed by atoms with Gasteiger partial charge in [-0.3, -0.25) is 9.69 Å². The van der Waals surface area contributed by atoms with Crippen LogP contribution in [0.2, 0.25) is 0 Å². The van der Waals surface area contributed by atoms with E-state index < -0.39 is 0 Å². The molecule has 3 aromatic rings. The van der Waals surface area contributed by atoms with Gasteiger partial charge >= 0.3 is 0 Å². The molecule has 0 bridgehead atoms. The first-order chi connectivity index (χ1) is 14.2. The molecule has 1 aliphatic rings. The Morgan fingerprint density at radius 2 is 1.83 bits per heavy atom. The number of hydrogen-bond donors (Lipinski definition) is 0. The van der Waals surface area contributed by atoms with Gasteiger partial charge in [-0.05, 0) is 35.4 Å². The summed E-state index contributed by atoms with van der Waals surface area (Å²) >= 11 is 1.44. The molecule has 0 saturated carbocycles. The van der Waals surface area contributed by atoms with Gasteiger partial charge in [-0.1, -0.05) is 66.4 Å². The largest absolute Gasteiger partial charge is 0.497 e. The SMILES string of the molecule is COc1ccc(CN2C(=O)C(C)S/C2=N/N=C/c2cccc3ccccc23)cc1. The molecule has 1 atom stereocenters. The van der Waals surface area contributed by atoms with Gasteiger partial charge in [-0.2, -0.15) is 5.10 Å². The van der Waals surface area contributed by atoms with Crippen LogP contribution in [0, 0.1) is 0 Å². The van der Waals surface area contributed by atoms with Gasteiger partial charge in [0.1, 0.15) is 5.75 Å². The first kappa shape index (κ1) is 19.2. The standard InChI is InChI=1S/C23H21N3O2S/c1-16-22(27)26(15-17-10-12-20(28-2)13-11-17)23(29-16)25-24-14-19-8-5-7-18-6-3-4-9-21(18)19/h3-14,16H,15H2,1-2H3/b24-14+,25-23+. The van der Waals surface area contributed by atoms with E-state index in [0.29, 0.717) is 11.7 Å². The zero-order valence-electron chi connectivity index (χ0n) is 16.3. The smallest absolute Gasteiger partial charge is 0.242 e. The van der Waals surface area contributed by atoms with Crippen molar-refractivity contribution < 1.29 is 9.53 Å². The number of amidine groups is 1. The van der Waals surface area contributed by atoms with Crippen LogP contribution in [0.4, 0.5) is 0 Å². The summed E-state index contributed by atoms with van der Waals surface area (Å²) in [4.78, 5) is 14.3. The van der Waals surface area contributed by atoms with E-state index in [-0.39, 0.29) is 11.2 Å². The molecule has 0 N–H and O–H groups in total. The molecule has 0 radical (unpaired) electrons. The lowest BCUT2D eigenvalue weighted by Crippen LogP contribution is -2.30. The highest BCUT2D eigenvalue weighted by molar-refractivity contribution is 8.15. The number of hydrogen-bond acceptors (Lipinski definition) is 5. The second-order valence-corrected chi connectivity index (χ2v) is 8.04. The topological polar surface area (TPSA) is 54.3 Å². The van der Waals surface area contributed by atoms with E-state index in [1.54, 1.807) is 18.2 Å². The Morgan fingerprint density at radius 3 is 2.62 bits per heavy atom. The van der Waals surface area contributed by atoms with Crippen LogP contribution in [0.15, 0.2) is 76.9 Å². The molecule has 1 aliphatic heterocycles. The van der Waals surface area contributed by atoms with Gasteiger partial charge in [-0.15, -0.1) is 5.10 Å². The lowest BCUT2D eigenvalue weighted by molar-refractivity contribution is -0.126. The van der Waals surface area contributed by atoms with Crippen molar-refractivity contribution in [1.29, 1.82) is 0 Å². The minimum atomic E-state index is -0.167. The predicted molar refractivity (Wildman–Crippen MR) is 120 cm³/mol. The number of ether oxygens (including phenoxy) is 1. The minimum Gasteiger partial charge on any atom is -0.497 e. The zero-order valence-corrected chi connectivity index (χ0v) is 17.1. The first-order valence-corrected chi connectivity index (χ1v) is 10.2. The van der Waals surface area contributed by atoms with Crippen LogP contribution in [0.3, 0.4) is 0 Å². The lowest BCUT2D eigenvalue weighted by Gasteiger charge is -2.15. The lowest BCUT2D eigenvalue weighted by atomic mass is 10.1. The Morgan fingerprint density at radius 1 is 1.07 bits per heavy atom. The normalized spacial score (nSPS) is 18.3.